The number of thiophene rings is 1. The first-order chi connectivity index (χ1) is 7.33. The molecular formula is C11H7NO2S. The van der Waals surface area contributed by atoms with Crippen molar-refractivity contribution in [2.45, 2.75) is 6.42 Å². The molecule has 0 spiro atoms. The standard InChI is InChI=1S/C11H7NO2S/c13-11-6-8(12-14-11)10-5-7-3-1-2-4-9(7)15-10/h1-5H,6H2. The lowest BCUT2D eigenvalue weighted by Gasteiger charge is -1.86. The van der Waals surface area contributed by atoms with E-state index in [2.05, 4.69) is 16.1 Å². The van der Waals surface area contributed by atoms with Crippen LogP contribution in [-0.4, -0.2) is 11.7 Å². The van der Waals surface area contributed by atoms with E-state index in [1.54, 1.807) is 11.3 Å². The average molecular weight is 217 g/mol. The Kier molecular flexibility index (Phi) is 1.82. The van der Waals surface area contributed by atoms with Gasteiger partial charge in [0.2, 0.25) is 0 Å². The number of fused-ring (bicyclic) bond motifs is 1. The second kappa shape index (κ2) is 3.17. The van der Waals surface area contributed by atoms with Crippen molar-refractivity contribution in [1.82, 2.24) is 0 Å². The molecule has 0 amide bonds. The van der Waals surface area contributed by atoms with Crippen LogP contribution in [0.3, 0.4) is 0 Å². The van der Waals surface area contributed by atoms with Crippen LogP contribution in [0.2, 0.25) is 0 Å². The van der Waals surface area contributed by atoms with Crippen LogP contribution < -0.4 is 0 Å². The largest absolute Gasteiger partial charge is 0.341 e. The maximum atomic E-state index is 10.9. The molecule has 0 atom stereocenters. The van der Waals surface area contributed by atoms with Gasteiger partial charge in [0.15, 0.2) is 0 Å². The van der Waals surface area contributed by atoms with Crippen molar-refractivity contribution in [2.75, 3.05) is 0 Å². The molecule has 3 nitrogen and oxygen atoms in total. The van der Waals surface area contributed by atoms with Crippen LogP contribution in [-0.2, 0) is 9.63 Å². The zero-order valence-corrected chi connectivity index (χ0v) is 8.58. The number of benzene rings is 1. The van der Waals surface area contributed by atoms with Crippen LogP contribution in [0.1, 0.15) is 11.3 Å². The Balaban J connectivity index is 2.09. The fourth-order valence-corrected chi connectivity index (χ4v) is 2.60. The van der Waals surface area contributed by atoms with Gasteiger partial charge < -0.3 is 4.84 Å². The molecule has 15 heavy (non-hydrogen) atoms. The monoisotopic (exact) mass is 217 g/mol. The maximum absolute atomic E-state index is 10.9. The van der Waals surface area contributed by atoms with Gasteiger partial charge in [0, 0.05) is 4.70 Å². The van der Waals surface area contributed by atoms with Crippen LogP contribution >= 0.6 is 11.3 Å². The number of hydrogen-bond acceptors (Lipinski definition) is 4. The molecule has 0 radical (unpaired) electrons. The van der Waals surface area contributed by atoms with E-state index in [-0.39, 0.29) is 12.4 Å². The van der Waals surface area contributed by atoms with Gasteiger partial charge in [-0.15, -0.1) is 11.3 Å². The fraction of sp³-hybridized carbons (Fsp3) is 0.0909. The van der Waals surface area contributed by atoms with Gasteiger partial charge in [-0.3, -0.25) is 0 Å². The SMILES string of the molecule is O=C1CC(c2cc3ccccc3s2)=NO1. The highest BCUT2D eigenvalue weighted by Gasteiger charge is 2.20. The summed E-state index contributed by atoms with van der Waals surface area (Å²) in [5.41, 5.74) is 0.737. The minimum Gasteiger partial charge on any atom is -0.318 e. The second-order valence-corrected chi connectivity index (χ2v) is 4.41. The van der Waals surface area contributed by atoms with E-state index in [0.717, 1.165) is 10.6 Å². The molecule has 0 aliphatic carbocycles. The lowest BCUT2D eigenvalue weighted by atomic mass is 10.2. The molecule has 0 bridgehead atoms. The lowest BCUT2D eigenvalue weighted by molar-refractivity contribution is -0.140. The Bertz CT molecular complexity index is 538. The van der Waals surface area contributed by atoms with Crippen LogP contribution in [0, 0.1) is 0 Å². The molecule has 1 aromatic carbocycles. The van der Waals surface area contributed by atoms with Gasteiger partial charge in [-0.25, -0.2) is 4.79 Å². The summed E-state index contributed by atoms with van der Waals surface area (Å²) in [5, 5.41) is 4.94. The van der Waals surface area contributed by atoms with E-state index < -0.39 is 0 Å². The Labute approximate surface area is 90.0 Å². The summed E-state index contributed by atoms with van der Waals surface area (Å²) in [6.07, 6.45) is 0.285. The molecule has 0 saturated heterocycles. The Morgan fingerprint density at radius 1 is 1.33 bits per heavy atom. The van der Waals surface area contributed by atoms with Crippen LogP contribution in [0.15, 0.2) is 35.5 Å². The van der Waals surface area contributed by atoms with E-state index in [4.69, 9.17) is 0 Å². The van der Waals surface area contributed by atoms with Gasteiger partial charge >= 0.3 is 5.97 Å². The normalized spacial score (nSPS) is 15.5. The van der Waals surface area contributed by atoms with E-state index in [0.29, 0.717) is 0 Å². The molecule has 4 heteroatoms. The zero-order valence-electron chi connectivity index (χ0n) is 7.77. The number of hydrogen-bond donors (Lipinski definition) is 0. The first-order valence-electron chi connectivity index (χ1n) is 4.58. The molecule has 2 aromatic rings. The lowest BCUT2D eigenvalue weighted by Crippen LogP contribution is -1.97. The van der Waals surface area contributed by atoms with Gasteiger partial charge in [-0.2, -0.15) is 0 Å². The van der Waals surface area contributed by atoms with E-state index in [9.17, 15) is 4.79 Å². The molecule has 3 rings (SSSR count). The van der Waals surface area contributed by atoms with Gasteiger partial charge in [-0.05, 0) is 17.5 Å². The molecule has 0 saturated carbocycles. The summed E-state index contributed by atoms with van der Waals surface area (Å²) in [6.45, 7) is 0. The Morgan fingerprint density at radius 3 is 2.93 bits per heavy atom. The molecule has 1 aromatic heterocycles. The maximum Gasteiger partial charge on any atom is 0.341 e. The van der Waals surface area contributed by atoms with Crippen LogP contribution in [0.25, 0.3) is 10.1 Å². The molecule has 2 heterocycles. The third kappa shape index (κ3) is 1.43. The van der Waals surface area contributed by atoms with Crippen molar-refractivity contribution < 1.29 is 9.63 Å². The van der Waals surface area contributed by atoms with Crippen LogP contribution in [0.4, 0.5) is 0 Å². The van der Waals surface area contributed by atoms with Crippen LogP contribution in [0.5, 0.6) is 0 Å². The summed E-state index contributed by atoms with van der Waals surface area (Å²) in [6, 6.07) is 10.1. The fourth-order valence-electron chi connectivity index (χ4n) is 1.56. The minimum absolute atomic E-state index is 0.276. The Morgan fingerprint density at radius 2 is 2.20 bits per heavy atom. The number of rotatable bonds is 1. The summed E-state index contributed by atoms with van der Waals surface area (Å²) >= 11 is 1.63. The average Bonchev–Trinajstić information content (AvgIpc) is 2.82. The van der Waals surface area contributed by atoms with Gasteiger partial charge in [-0.1, -0.05) is 23.4 Å². The van der Waals surface area contributed by atoms with E-state index >= 15 is 0 Å². The quantitative estimate of drug-likeness (QED) is 0.688. The highest BCUT2D eigenvalue weighted by molar-refractivity contribution is 7.21. The summed E-state index contributed by atoms with van der Waals surface area (Å²) < 4.78 is 1.20. The molecular weight excluding hydrogens is 210 g/mol. The molecule has 1 aliphatic heterocycles. The first-order valence-corrected chi connectivity index (χ1v) is 5.40. The van der Waals surface area contributed by atoms with E-state index in [1.165, 1.54) is 10.1 Å². The third-order valence-corrected chi connectivity index (χ3v) is 3.44. The van der Waals surface area contributed by atoms with Gasteiger partial charge in [0.1, 0.15) is 5.71 Å². The highest BCUT2D eigenvalue weighted by Crippen LogP contribution is 2.27. The van der Waals surface area contributed by atoms with Gasteiger partial charge in [0.05, 0.1) is 11.3 Å². The highest BCUT2D eigenvalue weighted by atomic mass is 32.1. The molecule has 0 N–H and O–H groups in total. The topological polar surface area (TPSA) is 38.7 Å². The van der Waals surface area contributed by atoms with Crippen molar-refractivity contribution in [1.29, 1.82) is 0 Å². The van der Waals surface area contributed by atoms with Crippen molar-refractivity contribution in [3.63, 3.8) is 0 Å². The van der Waals surface area contributed by atoms with Crippen molar-refractivity contribution in [2.24, 2.45) is 5.16 Å². The predicted molar refractivity (Wildman–Crippen MR) is 59.1 cm³/mol. The summed E-state index contributed by atoms with van der Waals surface area (Å²) in [5.74, 6) is -0.276. The smallest absolute Gasteiger partial charge is 0.318 e. The zero-order chi connectivity index (χ0) is 10.3. The van der Waals surface area contributed by atoms with Gasteiger partial charge in [0.25, 0.3) is 0 Å². The molecule has 74 valence electrons. The number of nitrogens with zero attached hydrogens (tertiary/aromatic N) is 1. The first kappa shape index (κ1) is 8.61. The van der Waals surface area contributed by atoms with Crippen molar-refractivity contribution in [3.05, 3.63) is 35.2 Å². The molecule has 0 fully saturated rings. The number of carbonyl (C=O) groups is 1. The number of oxime groups is 1. The molecule has 0 unspecified atom stereocenters. The van der Waals surface area contributed by atoms with E-state index in [1.807, 2.05) is 24.3 Å². The minimum atomic E-state index is -0.276. The summed E-state index contributed by atoms with van der Waals surface area (Å²) in [7, 11) is 0. The Hall–Kier alpha value is -1.68. The van der Waals surface area contributed by atoms with Crippen molar-refractivity contribution >= 4 is 33.1 Å². The summed E-state index contributed by atoms with van der Waals surface area (Å²) in [4.78, 5) is 16.5. The molecule has 1 aliphatic rings. The second-order valence-electron chi connectivity index (χ2n) is 3.33. The third-order valence-electron chi connectivity index (χ3n) is 2.28. The predicted octanol–water partition coefficient (Wildman–Crippen LogP) is 2.55. The van der Waals surface area contributed by atoms with Crippen molar-refractivity contribution in [3.8, 4) is 0 Å². The number of carbonyl (C=O) groups excluding carboxylic acids is 1.